The number of ether oxygens (including phenoxy) is 3. The number of hydrogen-bond donors (Lipinski definition) is 0. The lowest BCUT2D eigenvalue weighted by Gasteiger charge is -2.20. The van der Waals surface area contributed by atoms with Gasteiger partial charge in [0.15, 0.2) is 5.75 Å². The molecule has 1 aromatic carbocycles. The number of methoxy groups -OCH3 is 1. The van der Waals surface area contributed by atoms with E-state index in [2.05, 4.69) is 51.8 Å². The van der Waals surface area contributed by atoms with Crippen molar-refractivity contribution >= 4 is 57.4 Å². The van der Waals surface area contributed by atoms with Crippen LogP contribution in [0.4, 0.5) is 4.79 Å². The summed E-state index contributed by atoms with van der Waals surface area (Å²) in [5, 5.41) is 0. The van der Waals surface area contributed by atoms with Crippen LogP contribution in [0.15, 0.2) is 12.6 Å². The van der Waals surface area contributed by atoms with Crippen molar-refractivity contribution in [2.24, 2.45) is 0 Å². The van der Waals surface area contributed by atoms with Crippen LogP contribution >= 0.6 is 45.2 Å². The van der Waals surface area contributed by atoms with Gasteiger partial charge in [-0.2, -0.15) is 0 Å². The van der Waals surface area contributed by atoms with Crippen molar-refractivity contribution in [1.29, 1.82) is 0 Å². The molecule has 1 rings (SSSR count). The van der Waals surface area contributed by atoms with Gasteiger partial charge >= 0.3 is 6.16 Å². The number of hydrogen-bond acceptors (Lipinski definition) is 4. The summed E-state index contributed by atoms with van der Waals surface area (Å²) < 4.78 is 17.4. The van der Waals surface area contributed by atoms with Crippen LogP contribution in [0.3, 0.4) is 0 Å². The van der Waals surface area contributed by atoms with E-state index in [1.807, 2.05) is 6.07 Å². The maximum atomic E-state index is 11.8. The fourth-order valence-corrected chi connectivity index (χ4v) is 3.67. The highest BCUT2D eigenvalue weighted by Crippen LogP contribution is 2.38. The van der Waals surface area contributed by atoms with Gasteiger partial charge in [-0.15, -0.1) is 0 Å². The van der Waals surface area contributed by atoms with Gasteiger partial charge in [0.05, 0.1) is 14.3 Å². The lowest BCUT2D eigenvalue weighted by Crippen LogP contribution is -2.26. The summed E-state index contributed by atoms with van der Waals surface area (Å²) in [7, 11) is 1.57. The third kappa shape index (κ3) is 4.51. The first-order chi connectivity index (χ1) is 9.19. The number of carbonyl (C=O) groups is 1. The topological polar surface area (TPSA) is 44.8 Å². The van der Waals surface area contributed by atoms with Crippen LogP contribution < -0.4 is 9.47 Å². The van der Waals surface area contributed by atoms with Crippen LogP contribution in [0.25, 0.3) is 6.08 Å². The molecule has 20 heavy (non-hydrogen) atoms. The first kappa shape index (κ1) is 17.5. The molecule has 4 nitrogen and oxygen atoms in total. The molecular formula is C14H16I2O4. The molecule has 0 saturated heterocycles. The van der Waals surface area contributed by atoms with Crippen molar-refractivity contribution < 1.29 is 19.0 Å². The molecule has 0 heterocycles. The fourth-order valence-electron chi connectivity index (χ4n) is 1.40. The number of benzene rings is 1. The van der Waals surface area contributed by atoms with E-state index in [-0.39, 0.29) is 0 Å². The number of rotatable bonds is 3. The summed E-state index contributed by atoms with van der Waals surface area (Å²) in [5.74, 6) is 1.06. The highest BCUT2D eigenvalue weighted by Gasteiger charge is 2.22. The number of halogens is 2. The quantitative estimate of drug-likeness (QED) is 0.337. The molecule has 0 aliphatic carbocycles. The molecule has 0 spiro atoms. The van der Waals surface area contributed by atoms with Crippen molar-refractivity contribution in [3.63, 3.8) is 0 Å². The van der Waals surface area contributed by atoms with Gasteiger partial charge in [0.1, 0.15) is 11.4 Å². The predicted molar refractivity (Wildman–Crippen MR) is 95.4 cm³/mol. The van der Waals surface area contributed by atoms with E-state index in [0.717, 1.165) is 3.57 Å². The Morgan fingerprint density at radius 1 is 1.30 bits per heavy atom. The maximum Gasteiger partial charge on any atom is 0.514 e. The second-order valence-electron chi connectivity index (χ2n) is 4.89. The van der Waals surface area contributed by atoms with E-state index < -0.39 is 11.8 Å². The van der Waals surface area contributed by atoms with E-state index in [0.29, 0.717) is 20.6 Å². The van der Waals surface area contributed by atoms with Gasteiger partial charge in [-0.05, 0) is 72.0 Å². The molecule has 0 amide bonds. The Morgan fingerprint density at radius 2 is 1.90 bits per heavy atom. The average molecular weight is 502 g/mol. The third-order valence-corrected chi connectivity index (χ3v) is 3.94. The Balaban J connectivity index is 3.17. The van der Waals surface area contributed by atoms with Gasteiger partial charge in [-0.25, -0.2) is 4.79 Å². The van der Waals surface area contributed by atoms with Crippen LogP contribution in [0, 0.1) is 7.14 Å². The van der Waals surface area contributed by atoms with E-state index in [9.17, 15) is 4.79 Å². The molecule has 0 bridgehead atoms. The minimum atomic E-state index is -0.748. The van der Waals surface area contributed by atoms with E-state index in [4.69, 9.17) is 14.2 Å². The second-order valence-corrected chi connectivity index (χ2v) is 7.14. The second kappa shape index (κ2) is 6.97. The Labute approximate surface area is 146 Å². The summed E-state index contributed by atoms with van der Waals surface area (Å²) >= 11 is 4.23. The van der Waals surface area contributed by atoms with Gasteiger partial charge in [0, 0.05) is 5.56 Å². The van der Waals surface area contributed by atoms with Gasteiger partial charge in [0.2, 0.25) is 0 Å². The molecule has 0 aliphatic heterocycles. The molecule has 0 atom stereocenters. The van der Waals surface area contributed by atoms with Gasteiger partial charge in [0.25, 0.3) is 0 Å². The maximum absolute atomic E-state index is 11.8. The summed E-state index contributed by atoms with van der Waals surface area (Å²) in [5.41, 5.74) is 0.106. The lowest BCUT2D eigenvalue weighted by molar-refractivity contribution is 0.0203. The van der Waals surface area contributed by atoms with E-state index >= 15 is 0 Å². The Bertz CT molecular complexity index is 533. The predicted octanol–water partition coefficient (Wildman–Crippen LogP) is 4.86. The zero-order valence-electron chi connectivity index (χ0n) is 11.8. The largest absolute Gasteiger partial charge is 0.514 e. The van der Waals surface area contributed by atoms with Gasteiger partial charge < -0.3 is 14.2 Å². The Kier molecular flexibility index (Phi) is 6.11. The minimum absolute atomic E-state index is 0.395. The van der Waals surface area contributed by atoms with Gasteiger partial charge in [-0.3, -0.25) is 0 Å². The van der Waals surface area contributed by atoms with E-state index in [1.54, 1.807) is 34.0 Å². The van der Waals surface area contributed by atoms with Crippen LogP contribution in [-0.4, -0.2) is 18.9 Å². The molecule has 0 aromatic heterocycles. The summed E-state index contributed by atoms with van der Waals surface area (Å²) in [6, 6.07) is 1.84. The zero-order valence-corrected chi connectivity index (χ0v) is 16.1. The smallest absolute Gasteiger partial charge is 0.494 e. The molecule has 0 saturated carbocycles. The van der Waals surface area contributed by atoms with E-state index in [1.165, 1.54) is 0 Å². The lowest BCUT2D eigenvalue weighted by atomic mass is 10.2. The van der Waals surface area contributed by atoms with Crippen molar-refractivity contribution in [2.45, 2.75) is 26.4 Å². The molecule has 0 fully saturated rings. The SMILES string of the molecule is C=Cc1cc(I)c(OC)c(I)c1OC(=O)OC(C)(C)C. The molecule has 0 N–H and O–H groups in total. The Hall–Kier alpha value is -0.510. The first-order valence-electron chi connectivity index (χ1n) is 5.79. The highest BCUT2D eigenvalue weighted by atomic mass is 127. The van der Waals surface area contributed by atoms with Crippen LogP contribution in [-0.2, 0) is 4.74 Å². The fraction of sp³-hybridized carbons (Fsp3) is 0.357. The first-order valence-corrected chi connectivity index (χ1v) is 7.94. The number of carbonyl (C=O) groups excluding carboxylic acids is 1. The monoisotopic (exact) mass is 502 g/mol. The summed E-state index contributed by atoms with van der Waals surface area (Å²) in [6.07, 6.45) is 0.880. The average Bonchev–Trinajstić information content (AvgIpc) is 2.30. The zero-order chi connectivity index (χ0) is 15.5. The summed E-state index contributed by atoms with van der Waals surface area (Å²) in [6.45, 7) is 9.07. The van der Waals surface area contributed by atoms with Crippen molar-refractivity contribution in [3.05, 3.63) is 25.3 Å². The molecule has 6 heteroatoms. The van der Waals surface area contributed by atoms with Crippen molar-refractivity contribution in [1.82, 2.24) is 0 Å². The van der Waals surface area contributed by atoms with Gasteiger partial charge in [-0.1, -0.05) is 12.7 Å². The minimum Gasteiger partial charge on any atom is -0.494 e. The molecular weight excluding hydrogens is 486 g/mol. The van der Waals surface area contributed by atoms with Crippen molar-refractivity contribution in [3.8, 4) is 11.5 Å². The molecule has 0 radical (unpaired) electrons. The van der Waals surface area contributed by atoms with Crippen LogP contribution in [0.1, 0.15) is 26.3 Å². The Morgan fingerprint density at radius 3 is 2.35 bits per heavy atom. The van der Waals surface area contributed by atoms with Crippen molar-refractivity contribution in [2.75, 3.05) is 7.11 Å². The molecule has 0 unspecified atom stereocenters. The normalized spacial score (nSPS) is 10.9. The molecule has 0 aliphatic rings. The summed E-state index contributed by atoms with van der Waals surface area (Å²) in [4.78, 5) is 11.8. The third-order valence-electron chi connectivity index (χ3n) is 2.16. The van der Waals surface area contributed by atoms with Crippen LogP contribution in [0.5, 0.6) is 11.5 Å². The standard InChI is InChI=1S/C14H16I2O4/c1-6-8-7-9(15)12(18-5)10(16)11(8)19-13(17)20-14(2,3)4/h6-7H,1H2,2-5H3. The van der Waals surface area contributed by atoms with Crippen LogP contribution in [0.2, 0.25) is 0 Å². The molecule has 1 aromatic rings. The molecule has 110 valence electrons. The highest BCUT2D eigenvalue weighted by molar-refractivity contribution is 14.1.